The highest BCUT2D eigenvalue weighted by Crippen LogP contribution is 2.42. The Labute approximate surface area is 222 Å². The summed E-state index contributed by atoms with van der Waals surface area (Å²) in [7, 11) is 0. The van der Waals surface area contributed by atoms with Gasteiger partial charge in [0.25, 0.3) is 0 Å². The average Bonchev–Trinajstić information content (AvgIpc) is 3.64. The van der Waals surface area contributed by atoms with Crippen molar-refractivity contribution in [3.05, 3.63) is 128 Å². The summed E-state index contributed by atoms with van der Waals surface area (Å²) < 4.78 is 11.0. The zero-order chi connectivity index (χ0) is 25.5. The summed E-state index contributed by atoms with van der Waals surface area (Å²) in [5, 5.41) is 5.93. The molecule has 0 fully saturated rings. The summed E-state index contributed by atoms with van der Waals surface area (Å²) in [4.78, 5) is 4.91. The van der Waals surface area contributed by atoms with E-state index in [4.69, 9.17) is 9.40 Å². The third-order valence-electron chi connectivity index (χ3n) is 7.94. The summed E-state index contributed by atoms with van der Waals surface area (Å²) in [5.41, 5.74) is 9.36. The molecule has 0 amide bonds. The van der Waals surface area contributed by atoms with Crippen LogP contribution in [-0.2, 0) is 0 Å². The van der Waals surface area contributed by atoms with Crippen molar-refractivity contribution in [2.24, 2.45) is 0 Å². The van der Waals surface area contributed by atoms with Gasteiger partial charge in [-0.05, 0) is 42.5 Å². The predicted octanol–water partition coefficient (Wildman–Crippen LogP) is 9.18. The van der Waals surface area contributed by atoms with E-state index in [1.54, 1.807) is 0 Å². The molecule has 4 nitrogen and oxygen atoms in total. The number of para-hydroxylation sites is 4. The Morgan fingerprint density at radius 2 is 1.18 bits per heavy atom. The van der Waals surface area contributed by atoms with Gasteiger partial charge in [0.15, 0.2) is 5.58 Å². The summed E-state index contributed by atoms with van der Waals surface area (Å²) in [5.74, 6) is 0. The number of hydrogen-bond acceptors (Lipinski definition) is 2. The van der Waals surface area contributed by atoms with Gasteiger partial charge in [0.2, 0.25) is 0 Å². The number of benzene rings is 5. The van der Waals surface area contributed by atoms with E-state index in [1.165, 1.54) is 38.1 Å². The van der Waals surface area contributed by atoms with E-state index in [2.05, 4.69) is 112 Å². The maximum atomic E-state index is 6.25. The van der Waals surface area contributed by atoms with Crippen LogP contribution < -0.4 is 0 Å². The van der Waals surface area contributed by atoms with Crippen LogP contribution in [0.4, 0.5) is 0 Å². The first-order valence-corrected chi connectivity index (χ1v) is 13.2. The molecule has 4 heteroatoms. The smallest absolute Gasteiger partial charge is 0.155 e. The zero-order valence-corrected chi connectivity index (χ0v) is 20.9. The lowest BCUT2D eigenvalue weighted by Gasteiger charge is -2.10. The van der Waals surface area contributed by atoms with Gasteiger partial charge in [0.1, 0.15) is 11.1 Å². The quantitative estimate of drug-likeness (QED) is 0.238. The third-order valence-corrected chi connectivity index (χ3v) is 7.94. The van der Waals surface area contributed by atoms with Gasteiger partial charge in [-0.25, -0.2) is 4.98 Å². The van der Waals surface area contributed by atoms with Gasteiger partial charge in [0, 0.05) is 38.7 Å². The number of hydrogen-bond donors (Lipinski definition) is 0. The Morgan fingerprint density at radius 3 is 2.03 bits per heavy atom. The van der Waals surface area contributed by atoms with E-state index in [1.807, 2.05) is 24.4 Å². The van der Waals surface area contributed by atoms with Crippen molar-refractivity contribution >= 4 is 65.7 Å². The molecule has 0 unspecified atom stereocenters. The monoisotopic (exact) mass is 499 g/mol. The second kappa shape index (κ2) is 7.59. The SMILES string of the molecule is c1ccc(-n2c3ccccc3c3c2ccc2c4ccccc4n(-c4cnc5c(c4)oc4ccccc45)c23)cc1. The van der Waals surface area contributed by atoms with Crippen LogP contribution in [0.2, 0.25) is 0 Å². The second-order valence-corrected chi connectivity index (χ2v) is 10.0. The van der Waals surface area contributed by atoms with Crippen molar-refractivity contribution in [2.75, 3.05) is 0 Å². The highest BCUT2D eigenvalue weighted by Gasteiger charge is 2.21. The molecule has 0 spiro atoms. The standard InChI is InChI=1S/C35H21N3O/c1-2-10-22(11-3-1)37-29-16-8-5-13-26(29)33-30(37)19-18-25-24-12-4-7-15-28(24)38(35(25)33)23-20-32-34(36-21-23)27-14-6-9-17-31(27)39-32/h1-21H. The van der Waals surface area contributed by atoms with Gasteiger partial charge < -0.3 is 13.6 Å². The van der Waals surface area contributed by atoms with Crippen molar-refractivity contribution in [3.63, 3.8) is 0 Å². The van der Waals surface area contributed by atoms with Crippen LogP contribution in [0, 0.1) is 0 Å². The summed E-state index contributed by atoms with van der Waals surface area (Å²) in [6.07, 6.45) is 1.98. The molecule has 0 aliphatic heterocycles. The first-order chi connectivity index (χ1) is 19.4. The van der Waals surface area contributed by atoms with E-state index < -0.39 is 0 Å². The van der Waals surface area contributed by atoms with Gasteiger partial charge >= 0.3 is 0 Å². The van der Waals surface area contributed by atoms with E-state index in [9.17, 15) is 0 Å². The number of pyridine rings is 1. The van der Waals surface area contributed by atoms with Crippen molar-refractivity contribution in [3.8, 4) is 11.4 Å². The molecule has 4 aromatic heterocycles. The normalized spacial score (nSPS) is 12.1. The van der Waals surface area contributed by atoms with Crippen LogP contribution in [0.3, 0.4) is 0 Å². The molecule has 0 radical (unpaired) electrons. The molecule has 4 heterocycles. The molecular weight excluding hydrogens is 478 g/mol. The van der Waals surface area contributed by atoms with Gasteiger partial charge in [-0.1, -0.05) is 72.8 Å². The molecule has 0 aliphatic rings. The predicted molar refractivity (Wildman–Crippen MR) is 160 cm³/mol. The summed E-state index contributed by atoms with van der Waals surface area (Å²) in [6.45, 7) is 0. The maximum absolute atomic E-state index is 6.25. The fraction of sp³-hybridized carbons (Fsp3) is 0. The number of rotatable bonds is 2. The highest BCUT2D eigenvalue weighted by molar-refractivity contribution is 6.26. The first kappa shape index (κ1) is 20.7. The molecule has 0 saturated carbocycles. The van der Waals surface area contributed by atoms with Crippen LogP contribution in [0.25, 0.3) is 77.1 Å². The fourth-order valence-electron chi connectivity index (χ4n) is 6.34. The van der Waals surface area contributed by atoms with Gasteiger partial charge in [0.05, 0.1) is 34.0 Å². The minimum Gasteiger partial charge on any atom is -0.454 e. The molecule has 0 aliphatic carbocycles. The van der Waals surface area contributed by atoms with E-state index in [0.29, 0.717) is 0 Å². The molecular formula is C35H21N3O. The van der Waals surface area contributed by atoms with Crippen LogP contribution in [-0.4, -0.2) is 14.1 Å². The molecule has 182 valence electrons. The molecule has 0 saturated heterocycles. The topological polar surface area (TPSA) is 35.9 Å². The number of furan rings is 1. The van der Waals surface area contributed by atoms with Crippen LogP contribution in [0.15, 0.2) is 132 Å². The molecule has 0 N–H and O–H groups in total. The Bertz CT molecular complexity index is 2390. The van der Waals surface area contributed by atoms with Crippen LogP contribution in [0.1, 0.15) is 0 Å². The van der Waals surface area contributed by atoms with Crippen molar-refractivity contribution in [1.82, 2.24) is 14.1 Å². The molecule has 39 heavy (non-hydrogen) atoms. The summed E-state index contributed by atoms with van der Waals surface area (Å²) in [6, 6.07) is 42.7. The Kier molecular flexibility index (Phi) is 4.02. The molecule has 0 bridgehead atoms. The lowest BCUT2D eigenvalue weighted by atomic mass is 10.1. The van der Waals surface area contributed by atoms with E-state index >= 15 is 0 Å². The second-order valence-electron chi connectivity index (χ2n) is 10.0. The molecule has 0 atom stereocenters. The fourth-order valence-corrected chi connectivity index (χ4v) is 6.34. The lowest BCUT2D eigenvalue weighted by molar-refractivity contribution is 0.668. The van der Waals surface area contributed by atoms with Crippen molar-refractivity contribution in [1.29, 1.82) is 0 Å². The van der Waals surface area contributed by atoms with Gasteiger partial charge in [-0.2, -0.15) is 0 Å². The van der Waals surface area contributed by atoms with Gasteiger partial charge in [-0.15, -0.1) is 0 Å². The van der Waals surface area contributed by atoms with Crippen molar-refractivity contribution < 1.29 is 4.42 Å². The minimum atomic E-state index is 0.790. The third kappa shape index (κ3) is 2.75. The van der Waals surface area contributed by atoms with Crippen LogP contribution >= 0.6 is 0 Å². The number of nitrogens with zero attached hydrogens (tertiary/aromatic N) is 3. The van der Waals surface area contributed by atoms with Crippen molar-refractivity contribution in [2.45, 2.75) is 0 Å². The number of aromatic nitrogens is 3. The van der Waals surface area contributed by atoms with Crippen LogP contribution in [0.5, 0.6) is 0 Å². The average molecular weight is 500 g/mol. The summed E-state index contributed by atoms with van der Waals surface area (Å²) >= 11 is 0. The Balaban J connectivity index is 1.47. The minimum absolute atomic E-state index is 0.790. The Morgan fingerprint density at radius 1 is 0.487 bits per heavy atom. The highest BCUT2D eigenvalue weighted by atomic mass is 16.3. The first-order valence-electron chi connectivity index (χ1n) is 13.2. The lowest BCUT2D eigenvalue weighted by Crippen LogP contribution is -1.96. The molecule has 9 rings (SSSR count). The largest absolute Gasteiger partial charge is 0.454 e. The van der Waals surface area contributed by atoms with E-state index in [-0.39, 0.29) is 0 Å². The molecule has 9 aromatic rings. The Hall–Kier alpha value is -5.35. The zero-order valence-electron chi connectivity index (χ0n) is 20.9. The van der Waals surface area contributed by atoms with E-state index in [0.717, 1.165) is 39.0 Å². The number of fused-ring (bicyclic) bond motifs is 10. The van der Waals surface area contributed by atoms with Gasteiger partial charge in [-0.3, -0.25) is 0 Å². The molecule has 5 aromatic carbocycles. The maximum Gasteiger partial charge on any atom is 0.155 e.